The number of nitrogens with one attached hydrogen (secondary N) is 1. The average molecular weight is 378 g/mol. The van der Waals surface area contributed by atoms with Gasteiger partial charge in [0.05, 0.1) is 4.92 Å². The van der Waals surface area contributed by atoms with Crippen LogP contribution in [-0.4, -0.2) is 35.1 Å². The van der Waals surface area contributed by atoms with Gasteiger partial charge in [0, 0.05) is 17.5 Å². The van der Waals surface area contributed by atoms with Crippen molar-refractivity contribution in [1.82, 2.24) is 5.32 Å². The zero-order chi connectivity index (χ0) is 18.9. The smallest absolute Gasteiger partial charge is 0.333 e. The van der Waals surface area contributed by atoms with Gasteiger partial charge in [-0.15, -0.1) is 11.3 Å². The monoisotopic (exact) mass is 378 g/mol. The van der Waals surface area contributed by atoms with Gasteiger partial charge in [0.15, 0.2) is 17.0 Å². The van der Waals surface area contributed by atoms with Gasteiger partial charge in [-0.2, -0.15) is 0 Å². The summed E-state index contributed by atoms with van der Waals surface area (Å²) in [5.41, 5.74) is -2.06. The number of non-ortho nitro benzene ring substituents is 1. The molecule has 0 spiro atoms. The number of carboxylic acid groups (broad SMARTS) is 1. The number of hydrogen-bond acceptors (Lipinski definition) is 7. The third kappa shape index (κ3) is 3.06. The maximum absolute atomic E-state index is 12.7. The molecular formula is C16H14N2O7S. The number of thiophene rings is 1. The Morgan fingerprint density at radius 1 is 1.35 bits per heavy atom. The van der Waals surface area contributed by atoms with E-state index >= 15 is 0 Å². The highest BCUT2D eigenvalue weighted by atomic mass is 32.1. The Kier molecular flexibility index (Phi) is 4.51. The second kappa shape index (κ2) is 6.64. The predicted molar refractivity (Wildman–Crippen MR) is 90.9 cm³/mol. The summed E-state index contributed by atoms with van der Waals surface area (Å²) in [4.78, 5) is 35.0. The van der Waals surface area contributed by atoms with Crippen molar-refractivity contribution in [2.24, 2.45) is 0 Å². The molecule has 1 aliphatic rings. The molecule has 0 bridgehead atoms. The normalized spacial score (nSPS) is 15.0. The van der Waals surface area contributed by atoms with Crippen molar-refractivity contribution in [3.05, 3.63) is 50.2 Å². The van der Waals surface area contributed by atoms with E-state index in [9.17, 15) is 24.8 Å². The van der Waals surface area contributed by atoms with E-state index < -0.39 is 22.3 Å². The van der Waals surface area contributed by atoms with Crippen molar-refractivity contribution in [3.63, 3.8) is 0 Å². The van der Waals surface area contributed by atoms with Crippen LogP contribution in [0.2, 0.25) is 0 Å². The lowest BCUT2D eigenvalue weighted by atomic mass is 9.91. The van der Waals surface area contributed by atoms with Crippen LogP contribution in [0.15, 0.2) is 29.6 Å². The van der Waals surface area contributed by atoms with Gasteiger partial charge in [-0.25, -0.2) is 4.79 Å². The highest BCUT2D eigenvalue weighted by Crippen LogP contribution is 2.39. The minimum atomic E-state index is -1.87. The number of rotatable bonds is 5. The number of carbonyl (C=O) groups is 2. The SMILES string of the molecule is CC(NC(=O)c1scc2c1OCCO2)(C(=O)O)c1cccc([N+](=O)[O-])c1. The molecule has 136 valence electrons. The topological polar surface area (TPSA) is 128 Å². The number of ether oxygens (including phenoxy) is 2. The predicted octanol–water partition coefficient (Wildman–Crippen LogP) is 2.16. The van der Waals surface area contributed by atoms with Crippen LogP contribution in [-0.2, 0) is 10.3 Å². The number of nitro benzene ring substituents is 1. The Morgan fingerprint density at radius 2 is 2.08 bits per heavy atom. The molecule has 1 aliphatic heterocycles. The van der Waals surface area contributed by atoms with Gasteiger partial charge in [-0.3, -0.25) is 14.9 Å². The lowest BCUT2D eigenvalue weighted by Crippen LogP contribution is -2.49. The number of fused-ring (bicyclic) bond motifs is 1. The Bertz CT molecular complexity index is 894. The molecule has 10 heteroatoms. The van der Waals surface area contributed by atoms with Crippen LogP contribution in [0.1, 0.15) is 22.2 Å². The Balaban J connectivity index is 1.94. The van der Waals surface area contributed by atoms with E-state index in [0.29, 0.717) is 12.4 Å². The summed E-state index contributed by atoms with van der Waals surface area (Å²) in [7, 11) is 0. The standard InChI is InChI=1S/C16H14N2O7S/c1-16(15(20)21,9-3-2-4-10(7-9)18(22)23)17-14(19)13-12-11(8-26-13)24-5-6-25-12/h2-4,7-8H,5-6H2,1H3,(H,17,19)(H,20,21). The van der Waals surface area contributed by atoms with E-state index in [1.165, 1.54) is 25.1 Å². The molecule has 0 radical (unpaired) electrons. The Labute approximate surface area is 151 Å². The number of carboxylic acids is 1. The van der Waals surface area contributed by atoms with Crippen molar-refractivity contribution in [2.75, 3.05) is 13.2 Å². The van der Waals surface area contributed by atoms with Crippen molar-refractivity contribution in [3.8, 4) is 11.5 Å². The van der Waals surface area contributed by atoms with Crippen LogP contribution < -0.4 is 14.8 Å². The van der Waals surface area contributed by atoms with Crippen LogP contribution >= 0.6 is 11.3 Å². The van der Waals surface area contributed by atoms with Gasteiger partial charge < -0.3 is 19.9 Å². The highest BCUT2D eigenvalue weighted by Gasteiger charge is 2.39. The van der Waals surface area contributed by atoms with Crippen molar-refractivity contribution < 1.29 is 29.1 Å². The third-order valence-electron chi connectivity index (χ3n) is 3.93. The number of benzene rings is 1. The Morgan fingerprint density at radius 3 is 2.77 bits per heavy atom. The summed E-state index contributed by atoms with van der Waals surface area (Å²) < 4.78 is 10.8. The summed E-state index contributed by atoms with van der Waals surface area (Å²) in [5, 5.41) is 24.7. The fraction of sp³-hybridized carbons (Fsp3) is 0.250. The zero-order valence-corrected chi connectivity index (χ0v) is 14.4. The number of carbonyl (C=O) groups excluding carboxylic acids is 1. The molecule has 2 N–H and O–H groups in total. The van der Waals surface area contributed by atoms with E-state index in [2.05, 4.69) is 5.32 Å². The lowest BCUT2D eigenvalue weighted by molar-refractivity contribution is -0.385. The quantitative estimate of drug-likeness (QED) is 0.602. The maximum atomic E-state index is 12.7. The van der Waals surface area contributed by atoms with Gasteiger partial charge in [0.2, 0.25) is 0 Å². The number of aliphatic carboxylic acids is 1. The maximum Gasteiger partial charge on any atom is 0.333 e. The summed E-state index contributed by atoms with van der Waals surface area (Å²) >= 11 is 1.07. The lowest BCUT2D eigenvalue weighted by Gasteiger charge is -2.26. The first-order valence-electron chi connectivity index (χ1n) is 7.51. The van der Waals surface area contributed by atoms with Crippen molar-refractivity contribution in [2.45, 2.75) is 12.5 Å². The molecule has 0 fully saturated rings. The molecule has 1 atom stereocenters. The third-order valence-corrected chi connectivity index (χ3v) is 4.87. The molecule has 9 nitrogen and oxygen atoms in total. The molecule has 1 unspecified atom stereocenters. The zero-order valence-electron chi connectivity index (χ0n) is 13.6. The van der Waals surface area contributed by atoms with Crippen LogP contribution in [0, 0.1) is 10.1 Å². The van der Waals surface area contributed by atoms with Gasteiger partial charge in [0.1, 0.15) is 18.1 Å². The van der Waals surface area contributed by atoms with E-state index in [1.807, 2.05) is 0 Å². The first kappa shape index (κ1) is 17.7. The van der Waals surface area contributed by atoms with Crippen molar-refractivity contribution in [1.29, 1.82) is 0 Å². The van der Waals surface area contributed by atoms with E-state index in [-0.39, 0.29) is 28.5 Å². The molecule has 2 aromatic rings. The average Bonchev–Trinajstić information content (AvgIpc) is 3.05. The fourth-order valence-electron chi connectivity index (χ4n) is 2.48. The molecule has 0 saturated heterocycles. The Hall–Kier alpha value is -3.14. The largest absolute Gasteiger partial charge is 0.485 e. The molecule has 0 aliphatic carbocycles. The molecule has 1 aromatic carbocycles. The van der Waals surface area contributed by atoms with E-state index in [4.69, 9.17) is 9.47 Å². The van der Waals surface area contributed by atoms with Crippen LogP contribution in [0.5, 0.6) is 11.5 Å². The fourth-order valence-corrected chi connectivity index (χ4v) is 3.31. The number of hydrogen-bond donors (Lipinski definition) is 2. The molecule has 3 rings (SSSR count). The molecule has 2 heterocycles. The molecular weight excluding hydrogens is 364 g/mol. The van der Waals surface area contributed by atoms with Gasteiger partial charge in [-0.05, 0) is 12.5 Å². The molecule has 1 amide bonds. The number of nitro groups is 1. The minimum Gasteiger partial charge on any atom is -0.485 e. The number of amides is 1. The summed E-state index contributed by atoms with van der Waals surface area (Å²) in [6.45, 7) is 1.92. The minimum absolute atomic E-state index is 0.0788. The van der Waals surface area contributed by atoms with Crippen LogP contribution in [0.3, 0.4) is 0 Å². The van der Waals surface area contributed by atoms with Crippen molar-refractivity contribution >= 4 is 28.9 Å². The highest BCUT2D eigenvalue weighted by molar-refractivity contribution is 7.12. The molecule has 1 aromatic heterocycles. The van der Waals surface area contributed by atoms with Gasteiger partial charge >= 0.3 is 5.97 Å². The second-order valence-electron chi connectivity index (χ2n) is 5.65. The summed E-state index contributed by atoms with van der Waals surface area (Å²) in [6, 6.07) is 5.14. The first-order chi connectivity index (χ1) is 12.3. The first-order valence-corrected chi connectivity index (χ1v) is 8.39. The molecule has 0 saturated carbocycles. The van der Waals surface area contributed by atoms with Gasteiger partial charge in [-0.1, -0.05) is 12.1 Å². The van der Waals surface area contributed by atoms with E-state index in [0.717, 1.165) is 17.4 Å². The van der Waals surface area contributed by atoms with Gasteiger partial charge in [0.25, 0.3) is 11.6 Å². The van der Waals surface area contributed by atoms with E-state index in [1.54, 1.807) is 5.38 Å². The summed E-state index contributed by atoms with van der Waals surface area (Å²) in [6.07, 6.45) is 0. The molecule has 26 heavy (non-hydrogen) atoms. The second-order valence-corrected chi connectivity index (χ2v) is 6.53. The number of nitrogens with zero attached hydrogens (tertiary/aromatic N) is 1. The summed E-state index contributed by atoms with van der Waals surface area (Å²) in [5.74, 6) is -1.32. The van der Waals surface area contributed by atoms with Crippen LogP contribution in [0.4, 0.5) is 5.69 Å². The van der Waals surface area contributed by atoms with Crippen LogP contribution in [0.25, 0.3) is 0 Å².